The summed E-state index contributed by atoms with van der Waals surface area (Å²) in [6.07, 6.45) is 0.723. The number of para-hydroxylation sites is 1. The molecule has 1 aliphatic heterocycles. The average molecular weight is 347 g/mol. The molecule has 0 fully saturated rings. The van der Waals surface area contributed by atoms with E-state index < -0.39 is 4.92 Å². The zero-order valence-corrected chi connectivity index (χ0v) is 14.2. The van der Waals surface area contributed by atoms with Gasteiger partial charge in [-0.2, -0.15) is 5.10 Å². The van der Waals surface area contributed by atoms with Crippen molar-refractivity contribution in [3.63, 3.8) is 0 Å². The SMILES string of the molecule is Cc1nn(-c2ccccc2)c2c1N=C(c1ccc([N+](=O)[O-])cc1)CCN2. The first kappa shape index (κ1) is 16.0. The minimum atomic E-state index is -0.396. The monoisotopic (exact) mass is 347 g/mol. The summed E-state index contributed by atoms with van der Waals surface area (Å²) >= 11 is 0. The second-order valence-corrected chi connectivity index (χ2v) is 6.07. The van der Waals surface area contributed by atoms with E-state index in [4.69, 9.17) is 4.99 Å². The van der Waals surface area contributed by atoms with Crippen molar-refractivity contribution in [1.29, 1.82) is 0 Å². The van der Waals surface area contributed by atoms with E-state index in [1.165, 1.54) is 12.1 Å². The lowest BCUT2D eigenvalue weighted by Crippen LogP contribution is -2.10. The molecule has 0 spiro atoms. The van der Waals surface area contributed by atoms with Crippen LogP contribution >= 0.6 is 0 Å². The number of nitro groups is 1. The number of non-ortho nitro benzene ring substituents is 1. The second kappa shape index (κ2) is 6.44. The maximum atomic E-state index is 10.8. The largest absolute Gasteiger partial charge is 0.368 e. The van der Waals surface area contributed by atoms with Crippen LogP contribution < -0.4 is 5.32 Å². The number of aliphatic imine (C=N–C) groups is 1. The van der Waals surface area contributed by atoms with Crippen LogP contribution in [-0.2, 0) is 0 Å². The zero-order valence-electron chi connectivity index (χ0n) is 14.2. The first-order chi connectivity index (χ1) is 12.6. The predicted octanol–water partition coefficient (Wildman–Crippen LogP) is 4.03. The maximum absolute atomic E-state index is 10.8. The first-order valence-electron chi connectivity index (χ1n) is 8.35. The van der Waals surface area contributed by atoms with Gasteiger partial charge >= 0.3 is 0 Å². The fourth-order valence-corrected chi connectivity index (χ4v) is 3.04. The molecule has 0 aliphatic carbocycles. The van der Waals surface area contributed by atoms with Crippen molar-refractivity contribution in [2.24, 2.45) is 4.99 Å². The van der Waals surface area contributed by atoms with Crippen LogP contribution in [0.5, 0.6) is 0 Å². The molecule has 4 rings (SSSR count). The topological polar surface area (TPSA) is 85.3 Å². The standard InChI is InChI=1S/C19H17N5O2/c1-13-18-19(23(22-13)15-5-3-2-4-6-15)20-12-11-17(21-18)14-7-9-16(10-8-14)24(25)26/h2-10,20H,11-12H2,1H3. The van der Waals surface area contributed by atoms with E-state index in [9.17, 15) is 10.1 Å². The molecule has 0 bridgehead atoms. The van der Waals surface area contributed by atoms with Gasteiger partial charge in [0.15, 0.2) is 5.82 Å². The number of anilines is 1. The minimum absolute atomic E-state index is 0.0786. The van der Waals surface area contributed by atoms with E-state index in [0.29, 0.717) is 6.54 Å². The summed E-state index contributed by atoms with van der Waals surface area (Å²) in [5.74, 6) is 0.866. The summed E-state index contributed by atoms with van der Waals surface area (Å²) < 4.78 is 1.87. The molecule has 0 saturated carbocycles. The van der Waals surface area contributed by atoms with Crippen molar-refractivity contribution in [2.75, 3.05) is 11.9 Å². The molecule has 0 radical (unpaired) electrons. The molecule has 0 saturated heterocycles. The molecule has 3 aromatic rings. The van der Waals surface area contributed by atoms with Gasteiger partial charge in [0.25, 0.3) is 5.69 Å². The van der Waals surface area contributed by atoms with Crippen molar-refractivity contribution in [1.82, 2.24) is 9.78 Å². The number of nitrogens with zero attached hydrogens (tertiary/aromatic N) is 4. The summed E-state index contributed by atoms with van der Waals surface area (Å²) in [7, 11) is 0. The number of rotatable bonds is 3. The van der Waals surface area contributed by atoms with Crippen molar-refractivity contribution in [3.05, 3.63) is 76.0 Å². The van der Waals surface area contributed by atoms with Crippen LogP contribution in [0, 0.1) is 17.0 Å². The normalized spacial score (nSPS) is 13.3. The van der Waals surface area contributed by atoms with E-state index in [-0.39, 0.29) is 5.69 Å². The van der Waals surface area contributed by atoms with Gasteiger partial charge in [-0.1, -0.05) is 18.2 Å². The highest BCUT2D eigenvalue weighted by Gasteiger charge is 2.20. The molecule has 1 N–H and O–H groups in total. The van der Waals surface area contributed by atoms with Crippen LogP contribution in [0.1, 0.15) is 17.7 Å². The first-order valence-corrected chi connectivity index (χ1v) is 8.35. The van der Waals surface area contributed by atoms with Gasteiger partial charge in [0.1, 0.15) is 5.69 Å². The molecule has 1 aliphatic rings. The lowest BCUT2D eigenvalue weighted by Gasteiger charge is -2.08. The van der Waals surface area contributed by atoms with Gasteiger partial charge in [-0.25, -0.2) is 9.67 Å². The number of hydrogen-bond donors (Lipinski definition) is 1. The van der Waals surface area contributed by atoms with E-state index in [1.54, 1.807) is 12.1 Å². The zero-order chi connectivity index (χ0) is 18.1. The summed E-state index contributed by atoms with van der Waals surface area (Å²) in [5.41, 5.74) is 4.46. The average Bonchev–Trinajstić information content (AvgIpc) is 2.84. The molecule has 26 heavy (non-hydrogen) atoms. The predicted molar refractivity (Wildman–Crippen MR) is 101 cm³/mol. The second-order valence-electron chi connectivity index (χ2n) is 6.07. The molecule has 7 heteroatoms. The Balaban J connectivity index is 1.76. The highest BCUT2D eigenvalue weighted by molar-refractivity contribution is 6.03. The number of nitro benzene ring substituents is 1. The summed E-state index contributed by atoms with van der Waals surface area (Å²) in [6.45, 7) is 2.64. The molecular formula is C19H17N5O2. The van der Waals surface area contributed by atoms with E-state index in [1.807, 2.05) is 41.9 Å². The van der Waals surface area contributed by atoms with Crippen molar-refractivity contribution >= 4 is 22.9 Å². The molecule has 0 atom stereocenters. The molecule has 0 unspecified atom stereocenters. The highest BCUT2D eigenvalue weighted by Crippen LogP contribution is 2.34. The maximum Gasteiger partial charge on any atom is 0.269 e. The fourth-order valence-electron chi connectivity index (χ4n) is 3.04. The third kappa shape index (κ3) is 2.83. The smallest absolute Gasteiger partial charge is 0.269 e. The van der Waals surface area contributed by atoms with Crippen LogP contribution in [0.2, 0.25) is 0 Å². The Bertz CT molecular complexity index is 991. The van der Waals surface area contributed by atoms with Gasteiger partial charge in [-0.15, -0.1) is 0 Å². The van der Waals surface area contributed by atoms with Gasteiger partial charge in [-0.05, 0) is 36.8 Å². The molecule has 2 aromatic carbocycles. The van der Waals surface area contributed by atoms with Gasteiger partial charge in [0.05, 0.1) is 22.0 Å². The molecule has 2 heterocycles. The van der Waals surface area contributed by atoms with E-state index in [0.717, 1.165) is 40.6 Å². The Morgan fingerprint density at radius 2 is 1.85 bits per heavy atom. The number of aryl methyl sites for hydroxylation is 1. The fraction of sp³-hybridized carbons (Fsp3) is 0.158. The molecular weight excluding hydrogens is 330 g/mol. The van der Waals surface area contributed by atoms with Crippen LogP contribution in [0.4, 0.5) is 17.2 Å². The van der Waals surface area contributed by atoms with Crippen molar-refractivity contribution < 1.29 is 4.92 Å². The Morgan fingerprint density at radius 3 is 2.54 bits per heavy atom. The Labute approximate surface area is 150 Å². The van der Waals surface area contributed by atoms with E-state index >= 15 is 0 Å². The summed E-state index contributed by atoms with van der Waals surface area (Å²) in [4.78, 5) is 15.3. The van der Waals surface area contributed by atoms with Gasteiger partial charge in [-0.3, -0.25) is 10.1 Å². The number of nitrogens with one attached hydrogen (secondary N) is 1. The van der Waals surface area contributed by atoms with Crippen LogP contribution in [-0.4, -0.2) is 27.0 Å². The lowest BCUT2D eigenvalue weighted by atomic mass is 10.1. The summed E-state index contributed by atoms with van der Waals surface area (Å²) in [5, 5.41) is 18.9. The molecule has 0 amide bonds. The van der Waals surface area contributed by atoms with Crippen molar-refractivity contribution in [3.8, 4) is 5.69 Å². The van der Waals surface area contributed by atoms with Crippen molar-refractivity contribution in [2.45, 2.75) is 13.3 Å². The molecule has 130 valence electrons. The molecule has 1 aromatic heterocycles. The number of hydrogen-bond acceptors (Lipinski definition) is 5. The van der Waals surface area contributed by atoms with Crippen LogP contribution in [0.15, 0.2) is 59.6 Å². The van der Waals surface area contributed by atoms with E-state index in [2.05, 4.69) is 10.4 Å². The van der Waals surface area contributed by atoms with Crippen LogP contribution in [0.3, 0.4) is 0 Å². The number of fused-ring (bicyclic) bond motifs is 1. The van der Waals surface area contributed by atoms with Gasteiger partial charge in [0.2, 0.25) is 0 Å². The Kier molecular flexibility index (Phi) is 3.96. The third-order valence-electron chi connectivity index (χ3n) is 4.34. The van der Waals surface area contributed by atoms with Crippen LogP contribution in [0.25, 0.3) is 5.69 Å². The Hall–Kier alpha value is -3.48. The van der Waals surface area contributed by atoms with Gasteiger partial charge in [0, 0.05) is 25.1 Å². The lowest BCUT2D eigenvalue weighted by molar-refractivity contribution is -0.384. The number of aromatic nitrogens is 2. The number of benzene rings is 2. The minimum Gasteiger partial charge on any atom is -0.368 e. The van der Waals surface area contributed by atoms with Gasteiger partial charge < -0.3 is 5.32 Å². The highest BCUT2D eigenvalue weighted by atomic mass is 16.6. The Morgan fingerprint density at radius 1 is 1.12 bits per heavy atom. The third-order valence-corrected chi connectivity index (χ3v) is 4.34. The quantitative estimate of drug-likeness (QED) is 0.573. The summed E-state index contributed by atoms with van der Waals surface area (Å²) in [6, 6.07) is 16.4. The molecule has 7 nitrogen and oxygen atoms in total.